The summed E-state index contributed by atoms with van der Waals surface area (Å²) in [6.45, 7) is -0.208. The smallest absolute Gasteiger partial charge is 0.329 e. The van der Waals surface area contributed by atoms with Crippen LogP contribution in [0.5, 0.6) is 11.5 Å². The molecule has 0 bridgehead atoms. The van der Waals surface area contributed by atoms with Crippen molar-refractivity contribution in [2.45, 2.75) is 6.54 Å². The van der Waals surface area contributed by atoms with E-state index in [1.54, 1.807) is 55.6 Å². The molecule has 0 aliphatic heterocycles. The number of carbonyl (C=O) groups is 3. The predicted octanol–water partition coefficient (Wildman–Crippen LogP) is 4.44. The first-order valence-corrected chi connectivity index (χ1v) is 11.8. The molecule has 3 rings (SSSR count). The van der Waals surface area contributed by atoms with Crippen LogP contribution in [0.3, 0.4) is 0 Å². The Balaban J connectivity index is 1.54. The highest BCUT2D eigenvalue weighted by Gasteiger charge is 2.13. The Morgan fingerprint density at radius 2 is 1.73 bits per heavy atom. The number of benzene rings is 3. The summed E-state index contributed by atoms with van der Waals surface area (Å²) in [4.78, 5) is 36.4. The minimum Gasteiger partial charge on any atom is -0.497 e. The average molecular weight is 564 g/mol. The van der Waals surface area contributed by atoms with Gasteiger partial charge in [0.05, 0.1) is 29.1 Å². The first kappa shape index (κ1) is 27.8. The standard InChI is InChI=1S/C25H21Cl3N4O5/c1-36-18-8-5-15(6-9-18)12-29-24(34)25(35)32-30-13-16-11-17(26)7-10-21(16)37-14-22(33)31-20-4-2-3-19(27)23(20)28/h2-11,13H,12,14H2,1H3,(H,29,34)(H,31,33)(H,32,35)/b30-13-. The summed E-state index contributed by atoms with van der Waals surface area (Å²) in [6, 6.07) is 16.5. The van der Waals surface area contributed by atoms with Crippen LogP contribution >= 0.6 is 34.8 Å². The van der Waals surface area contributed by atoms with Crippen molar-refractivity contribution in [1.29, 1.82) is 0 Å². The summed E-state index contributed by atoms with van der Waals surface area (Å²) in [6.07, 6.45) is 1.24. The van der Waals surface area contributed by atoms with Crippen LogP contribution in [-0.4, -0.2) is 37.7 Å². The Hall–Kier alpha value is -3.79. The van der Waals surface area contributed by atoms with E-state index in [2.05, 4.69) is 21.2 Å². The number of carbonyl (C=O) groups excluding carboxylic acids is 3. The predicted molar refractivity (Wildman–Crippen MR) is 143 cm³/mol. The van der Waals surface area contributed by atoms with Crippen molar-refractivity contribution in [3.05, 3.63) is 86.9 Å². The molecule has 0 aliphatic carbocycles. The van der Waals surface area contributed by atoms with E-state index in [0.717, 1.165) is 5.56 Å². The van der Waals surface area contributed by atoms with Gasteiger partial charge in [-0.05, 0) is 48.0 Å². The molecule has 0 saturated heterocycles. The monoisotopic (exact) mass is 562 g/mol. The SMILES string of the molecule is COc1ccc(CNC(=O)C(=O)N/N=C\c2cc(Cl)ccc2OCC(=O)Nc2cccc(Cl)c2Cl)cc1. The van der Waals surface area contributed by atoms with Crippen LogP contribution in [0.1, 0.15) is 11.1 Å². The maximum absolute atomic E-state index is 12.3. The molecule has 0 aromatic heterocycles. The largest absolute Gasteiger partial charge is 0.497 e. The van der Waals surface area contributed by atoms with Crippen molar-refractivity contribution in [3.63, 3.8) is 0 Å². The number of rotatable bonds is 9. The van der Waals surface area contributed by atoms with Gasteiger partial charge >= 0.3 is 11.8 Å². The number of hydrogen-bond acceptors (Lipinski definition) is 6. The summed E-state index contributed by atoms with van der Waals surface area (Å²) in [5.74, 6) is -1.38. The summed E-state index contributed by atoms with van der Waals surface area (Å²) >= 11 is 18.1. The molecule has 0 fully saturated rings. The van der Waals surface area contributed by atoms with Crippen LogP contribution in [0.4, 0.5) is 5.69 Å². The molecular formula is C25H21Cl3N4O5. The Kier molecular flexibility index (Phi) is 10.1. The first-order chi connectivity index (χ1) is 17.8. The zero-order valence-electron chi connectivity index (χ0n) is 19.4. The second-order valence-electron chi connectivity index (χ2n) is 7.35. The number of amides is 3. The molecule has 9 nitrogen and oxygen atoms in total. The fourth-order valence-corrected chi connectivity index (χ4v) is 3.43. The second kappa shape index (κ2) is 13.5. The van der Waals surface area contributed by atoms with Gasteiger partial charge in [0, 0.05) is 17.1 Å². The molecule has 0 aliphatic rings. The number of methoxy groups -OCH3 is 1. The van der Waals surface area contributed by atoms with E-state index >= 15 is 0 Å². The van der Waals surface area contributed by atoms with Gasteiger partial charge in [-0.1, -0.05) is 53.0 Å². The topological polar surface area (TPSA) is 118 Å². The lowest BCUT2D eigenvalue weighted by molar-refractivity contribution is -0.139. The second-order valence-corrected chi connectivity index (χ2v) is 8.57. The Bertz CT molecular complexity index is 1320. The van der Waals surface area contributed by atoms with Crippen molar-refractivity contribution in [1.82, 2.24) is 10.7 Å². The third-order valence-electron chi connectivity index (χ3n) is 4.74. The lowest BCUT2D eigenvalue weighted by atomic mass is 10.2. The third kappa shape index (κ3) is 8.38. The molecule has 0 heterocycles. The van der Waals surface area contributed by atoms with Gasteiger partial charge in [0.15, 0.2) is 6.61 Å². The zero-order chi connectivity index (χ0) is 26.8. The van der Waals surface area contributed by atoms with Crippen molar-refractivity contribution < 1.29 is 23.9 Å². The van der Waals surface area contributed by atoms with E-state index in [-0.39, 0.29) is 23.9 Å². The molecule has 0 atom stereocenters. The van der Waals surface area contributed by atoms with E-state index in [4.69, 9.17) is 44.3 Å². The van der Waals surface area contributed by atoms with Crippen LogP contribution in [0.2, 0.25) is 15.1 Å². The number of anilines is 1. The van der Waals surface area contributed by atoms with Gasteiger partial charge in [-0.2, -0.15) is 5.10 Å². The molecule has 3 amide bonds. The van der Waals surface area contributed by atoms with Crippen molar-refractivity contribution in [3.8, 4) is 11.5 Å². The summed E-state index contributed by atoms with van der Waals surface area (Å²) in [5.41, 5.74) is 3.62. The quantitative estimate of drug-likeness (QED) is 0.202. The zero-order valence-corrected chi connectivity index (χ0v) is 21.7. The molecular weight excluding hydrogens is 543 g/mol. The highest BCUT2D eigenvalue weighted by Crippen LogP contribution is 2.29. The first-order valence-electron chi connectivity index (χ1n) is 10.7. The van der Waals surface area contributed by atoms with Gasteiger partial charge in [-0.3, -0.25) is 14.4 Å². The van der Waals surface area contributed by atoms with Crippen LogP contribution in [-0.2, 0) is 20.9 Å². The normalized spacial score (nSPS) is 10.6. The van der Waals surface area contributed by atoms with Gasteiger partial charge in [0.2, 0.25) is 0 Å². The van der Waals surface area contributed by atoms with Gasteiger partial charge < -0.3 is 20.1 Å². The van der Waals surface area contributed by atoms with Crippen molar-refractivity contribution in [2.75, 3.05) is 19.0 Å². The molecule has 0 unspecified atom stereocenters. The molecule has 0 saturated carbocycles. The minimum absolute atomic E-state index is 0.148. The van der Waals surface area contributed by atoms with Crippen molar-refractivity contribution >= 4 is 64.4 Å². The Morgan fingerprint density at radius 1 is 0.973 bits per heavy atom. The van der Waals surface area contributed by atoms with Gasteiger partial charge in [0.1, 0.15) is 11.5 Å². The molecule has 12 heteroatoms. The average Bonchev–Trinajstić information content (AvgIpc) is 2.89. The summed E-state index contributed by atoms with van der Waals surface area (Å²) in [7, 11) is 1.55. The summed E-state index contributed by atoms with van der Waals surface area (Å²) < 4.78 is 10.6. The lowest BCUT2D eigenvalue weighted by Crippen LogP contribution is -2.37. The molecule has 37 heavy (non-hydrogen) atoms. The van der Waals surface area contributed by atoms with E-state index in [1.807, 2.05) is 0 Å². The highest BCUT2D eigenvalue weighted by molar-refractivity contribution is 6.44. The van der Waals surface area contributed by atoms with E-state index in [0.29, 0.717) is 27.0 Å². The van der Waals surface area contributed by atoms with E-state index < -0.39 is 17.7 Å². The van der Waals surface area contributed by atoms with Crippen LogP contribution in [0, 0.1) is 0 Å². The lowest BCUT2D eigenvalue weighted by Gasteiger charge is -2.11. The molecule has 0 spiro atoms. The number of ether oxygens (including phenoxy) is 2. The molecule has 3 aromatic carbocycles. The fourth-order valence-electron chi connectivity index (χ4n) is 2.90. The molecule has 192 valence electrons. The maximum Gasteiger partial charge on any atom is 0.329 e. The highest BCUT2D eigenvalue weighted by atomic mass is 35.5. The third-order valence-corrected chi connectivity index (χ3v) is 5.80. The van der Waals surface area contributed by atoms with Crippen LogP contribution in [0.25, 0.3) is 0 Å². The number of halogens is 3. The van der Waals surface area contributed by atoms with E-state index in [1.165, 1.54) is 18.3 Å². The van der Waals surface area contributed by atoms with E-state index in [9.17, 15) is 14.4 Å². The van der Waals surface area contributed by atoms with Gasteiger partial charge in [0.25, 0.3) is 5.91 Å². The fraction of sp³-hybridized carbons (Fsp3) is 0.120. The maximum atomic E-state index is 12.3. The molecule has 3 aromatic rings. The molecule has 0 radical (unpaired) electrons. The van der Waals surface area contributed by atoms with Crippen LogP contribution in [0.15, 0.2) is 65.8 Å². The number of nitrogens with zero attached hydrogens (tertiary/aromatic N) is 1. The molecule has 3 N–H and O–H groups in total. The summed E-state index contributed by atoms with van der Waals surface area (Å²) in [5, 5.41) is 9.76. The van der Waals surface area contributed by atoms with Crippen molar-refractivity contribution in [2.24, 2.45) is 5.10 Å². The minimum atomic E-state index is -0.966. The number of hydrazone groups is 1. The number of nitrogens with one attached hydrogen (secondary N) is 3. The van der Waals surface area contributed by atoms with Gasteiger partial charge in [-0.15, -0.1) is 0 Å². The Labute approximate surface area is 227 Å². The Morgan fingerprint density at radius 3 is 2.46 bits per heavy atom. The van der Waals surface area contributed by atoms with Crippen LogP contribution < -0.4 is 25.5 Å². The number of hydrogen-bond donors (Lipinski definition) is 3. The van der Waals surface area contributed by atoms with Gasteiger partial charge in [-0.25, -0.2) is 5.43 Å².